The van der Waals surface area contributed by atoms with Gasteiger partial charge in [-0.05, 0) is 57.4 Å². The largest absolute Gasteiger partial charge is 0.494 e. The van der Waals surface area contributed by atoms with Crippen molar-refractivity contribution in [3.8, 4) is 5.88 Å². The molecule has 0 radical (unpaired) electrons. The topological polar surface area (TPSA) is 73.6 Å². The van der Waals surface area contributed by atoms with Crippen LogP contribution in [0.4, 0.5) is 0 Å². The molecule has 2 rings (SSSR count). The summed E-state index contributed by atoms with van der Waals surface area (Å²) < 4.78 is 1.85. The van der Waals surface area contributed by atoms with Crippen LogP contribution in [0.25, 0.3) is 0 Å². The second kappa shape index (κ2) is 10.4. The molecule has 0 aromatic carbocycles. The molecular weight excluding hydrogens is 348 g/mol. The predicted molar refractivity (Wildman–Crippen MR) is 109 cm³/mol. The molecule has 0 atom stereocenters. The molecule has 1 aromatic rings. The van der Waals surface area contributed by atoms with Gasteiger partial charge in [-0.15, -0.1) is 0 Å². The first kappa shape index (κ1) is 20.6. The van der Waals surface area contributed by atoms with Gasteiger partial charge in [0, 0.05) is 19.3 Å². The number of aromatic amines is 1. The monoisotopic (exact) mass is 378 g/mol. The number of hydrogen-bond donors (Lipinski definition) is 2. The lowest BCUT2D eigenvalue weighted by Crippen LogP contribution is -2.25. The highest BCUT2D eigenvalue weighted by molar-refractivity contribution is 7.71. The Labute approximate surface area is 160 Å². The van der Waals surface area contributed by atoms with E-state index in [1.807, 2.05) is 0 Å². The number of nitrogens with one attached hydrogen (secondary N) is 1. The molecule has 0 saturated heterocycles. The highest BCUT2D eigenvalue weighted by Gasteiger charge is 2.12. The fourth-order valence-electron chi connectivity index (χ4n) is 3.18. The fourth-order valence-corrected chi connectivity index (χ4v) is 3.45. The van der Waals surface area contributed by atoms with Crippen molar-refractivity contribution in [3.05, 3.63) is 32.3 Å². The smallest absolute Gasteiger partial charge is 0.264 e. The number of allylic oxidation sites excluding steroid dienone is 2. The van der Waals surface area contributed by atoms with Gasteiger partial charge in [-0.3, -0.25) is 19.3 Å². The molecular formula is C19H30N4O2S. The summed E-state index contributed by atoms with van der Waals surface area (Å²) in [5.41, 5.74) is 1.18. The van der Waals surface area contributed by atoms with E-state index >= 15 is 0 Å². The van der Waals surface area contributed by atoms with Crippen molar-refractivity contribution >= 4 is 18.4 Å². The molecule has 6 nitrogen and oxygen atoms in total. The van der Waals surface area contributed by atoms with E-state index < -0.39 is 5.56 Å². The number of H-pyrrole nitrogens is 1. The zero-order chi connectivity index (χ0) is 18.9. The maximum absolute atomic E-state index is 12.2. The quantitative estimate of drug-likeness (QED) is 0.393. The van der Waals surface area contributed by atoms with Gasteiger partial charge >= 0.3 is 0 Å². The summed E-state index contributed by atoms with van der Waals surface area (Å²) in [4.78, 5) is 21.4. The van der Waals surface area contributed by atoms with Gasteiger partial charge in [-0.2, -0.15) is 0 Å². The van der Waals surface area contributed by atoms with Gasteiger partial charge in [0.05, 0.1) is 6.54 Å². The van der Waals surface area contributed by atoms with E-state index in [9.17, 15) is 9.90 Å². The van der Waals surface area contributed by atoms with Crippen molar-refractivity contribution in [2.45, 2.75) is 52.5 Å². The molecule has 26 heavy (non-hydrogen) atoms. The first-order valence-electron chi connectivity index (χ1n) is 9.53. The Morgan fingerprint density at radius 1 is 1.38 bits per heavy atom. The van der Waals surface area contributed by atoms with Gasteiger partial charge < -0.3 is 10.0 Å². The molecule has 0 saturated carbocycles. The van der Waals surface area contributed by atoms with Crippen LogP contribution >= 0.6 is 12.2 Å². The van der Waals surface area contributed by atoms with E-state index in [-0.39, 0.29) is 16.2 Å². The van der Waals surface area contributed by atoms with Gasteiger partial charge in [0.1, 0.15) is 5.56 Å². The lowest BCUT2D eigenvalue weighted by molar-refractivity contribution is 0.313. The Morgan fingerprint density at radius 2 is 2.15 bits per heavy atom. The van der Waals surface area contributed by atoms with Crippen LogP contribution in [0.5, 0.6) is 5.88 Å². The van der Waals surface area contributed by atoms with Crippen LogP contribution in [0.2, 0.25) is 0 Å². The number of aliphatic imine (C=N–C) groups is 1. The van der Waals surface area contributed by atoms with Crippen molar-refractivity contribution in [2.24, 2.45) is 4.99 Å². The summed E-state index contributed by atoms with van der Waals surface area (Å²) in [5.74, 6) is -0.0956. The van der Waals surface area contributed by atoms with Crippen LogP contribution in [-0.2, 0) is 6.54 Å². The number of aromatic hydroxyl groups is 1. The Morgan fingerprint density at radius 3 is 2.81 bits per heavy atom. The lowest BCUT2D eigenvalue weighted by Gasteiger charge is -2.16. The van der Waals surface area contributed by atoms with Crippen LogP contribution in [0, 0.1) is 4.77 Å². The third-order valence-corrected chi connectivity index (χ3v) is 5.23. The molecule has 0 unspecified atom stereocenters. The minimum Gasteiger partial charge on any atom is -0.494 e. The van der Waals surface area contributed by atoms with E-state index in [0.717, 1.165) is 38.9 Å². The van der Waals surface area contributed by atoms with E-state index in [2.05, 4.69) is 34.8 Å². The van der Waals surface area contributed by atoms with Crippen molar-refractivity contribution < 1.29 is 5.11 Å². The highest BCUT2D eigenvalue weighted by atomic mass is 32.1. The lowest BCUT2D eigenvalue weighted by atomic mass is 9.97. The SMILES string of the molecule is CCN(CC)CCN=Cc1c(O)n(CCC2=CCCCC2)c(=S)[nH]c1=O. The number of nitrogens with zero attached hydrogens (tertiary/aromatic N) is 3. The molecule has 1 aliphatic rings. The summed E-state index contributed by atoms with van der Waals surface area (Å²) in [7, 11) is 0. The Kier molecular flexibility index (Phi) is 8.25. The molecule has 1 heterocycles. The number of aromatic nitrogens is 2. The first-order valence-corrected chi connectivity index (χ1v) is 9.93. The second-order valence-electron chi connectivity index (χ2n) is 6.57. The fraction of sp³-hybridized carbons (Fsp3) is 0.632. The summed E-state index contributed by atoms with van der Waals surface area (Å²) in [6.07, 6.45) is 9.29. The molecule has 2 N–H and O–H groups in total. The summed E-state index contributed by atoms with van der Waals surface area (Å²) >= 11 is 5.23. The molecule has 7 heteroatoms. The molecule has 0 spiro atoms. The highest BCUT2D eigenvalue weighted by Crippen LogP contribution is 2.22. The van der Waals surface area contributed by atoms with Crippen molar-refractivity contribution in [1.29, 1.82) is 0 Å². The molecule has 0 amide bonds. The Bertz CT molecular complexity index is 760. The van der Waals surface area contributed by atoms with Gasteiger partial charge in [-0.25, -0.2) is 0 Å². The molecule has 1 aromatic heterocycles. The molecule has 0 aliphatic heterocycles. The average molecular weight is 379 g/mol. The van der Waals surface area contributed by atoms with Gasteiger partial charge in [0.15, 0.2) is 4.77 Å². The van der Waals surface area contributed by atoms with E-state index in [0.29, 0.717) is 13.1 Å². The molecule has 0 bridgehead atoms. The standard InChI is InChI=1S/C19H30N4O2S/c1-3-22(4-2)13-11-20-14-16-17(24)21-19(26)23(18(16)25)12-10-15-8-6-5-7-9-15/h8,14,25H,3-7,9-13H2,1-2H3,(H,21,24,26). The normalized spacial score (nSPS) is 15.0. The zero-order valence-corrected chi connectivity index (χ0v) is 16.6. The van der Waals surface area contributed by atoms with Crippen LogP contribution < -0.4 is 5.56 Å². The molecule has 144 valence electrons. The van der Waals surface area contributed by atoms with Crippen LogP contribution in [-0.4, -0.2) is 52.0 Å². The zero-order valence-electron chi connectivity index (χ0n) is 15.8. The van der Waals surface area contributed by atoms with Crippen LogP contribution in [0.1, 0.15) is 51.5 Å². The predicted octanol–water partition coefficient (Wildman–Crippen LogP) is 3.26. The minimum absolute atomic E-state index is 0.0956. The maximum atomic E-state index is 12.2. The first-order chi connectivity index (χ1) is 12.6. The Balaban J connectivity index is 2.10. The van der Waals surface area contributed by atoms with Crippen LogP contribution in [0.15, 0.2) is 21.4 Å². The average Bonchev–Trinajstić information content (AvgIpc) is 2.64. The third kappa shape index (κ3) is 5.64. The van der Waals surface area contributed by atoms with E-state index in [1.54, 1.807) is 4.57 Å². The van der Waals surface area contributed by atoms with Crippen molar-refractivity contribution in [2.75, 3.05) is 26.2 Å². The van der Waals surface area contributed by atoms with Crippen molar-refractivity contribution in [1.82, 2.24) is 14.5 Å². The number of hydrogen-bond acceptors (Lipinski definition) is 5. The minimum atomic E-state index is -0.396. The Hall–Kier alpha value is -1.73. The second-order valence-corrected chi connectivity index (χ2v) is 6.96. The van der Waals surface area contributed by atoms with Crippen molar-refractivity contribution in [3.63, 3.8) is 0 Å². The number of rotatable bonds is 9. The third-order valence-electron chi connectivity index (χ3n) is 4.91. The summed E-state index contributed by atoms with van der Waals surface area (Å²) in [6, 6.07) is 0. The van der Waals surface area contributed by atoms with Gasteiger partial charge in [-0.1, -0.05) is 25.5 Å². The van der Waals surface area contributed by atoms with E-state index in [4.69, 9.17) is 12.2 Å². The molecule has 1 aliphatic carbocycles. The van der Waals surface area contributed by atoms with Crippen LogP contribution in [0.3, 0.4) is 0 Å². The maximum Gasteiger partial charge on any atom is 0.264 e. The van der Waals surface area contributed by atoms with Gasteiger partial charge in [0.2, 0.25) is 5.88 Å². The van der Waals surface area contributed by atoms with Gasteiger partial charge in [0.25, 0.3) is 5.56 Å². The number of likely N-dealkylation sites (N-methyl/N-ethyl adjacent to an activating group) is 1. The van der Waals surface area contributed by atoms with E-state index in [1.165, 1.54) is 24.6 Å². The molecule has 0 fully saturated rings. The summed E-state index contributed by atoms with van der Waals surface area (Å²) in [6.45, 7) is 8.14. The summed E-state index contributed by atoms with van der Waals surface area (Å²) in [5, 5.41) is 10.5.